The molecule has 0 spiro atoms. The predicted octanol–water partition coefficient (Wildman–Crippen LogP) is 1.83. The van der Waals surface area contributed by atoms with Crippen molar-refractivity contribution in [2.45, 2.75) is 19.0 Å². The fourth-order valence-electron chi connectivity index (χ4n) is 2.03. The number of nitrogens with two attached hydrogens (primary N) is 1. The average Bonchev–Trinajstić information content (AvgIpc) is 2.79. The first-order valence-corrected chi connectivity index (χ1v) is 5.58. The van der Waals surface area contributed by atoms with E-state index in [4.69, 9.17) is 11.0 Å². The highest BCUT2D eigenvalue weighted by Crippen LogP contribution is 2.24. The largest absolute Gasteiger partial charge is 0.326 e. The van der Waals surface area contributed by atoms with Gasteiger partial charge in [0.1, 0.15) is 11.9 Å². The molecule has 0 fully saturated rings. The van der Waals surface area contributed by atoms with Gasteiger partial charge in [0.2, 0.25) is 5.82 Å². The quantitative estimate of drug-likeness (QED) is 0.895. The minimum atomic E-state index is -0.441. The van der Waals surface area contributed by atoms with Crippen molar-refractivity contribution in [2.24, 2.45) is 5.73 Å². The monoisotopic (exact) mass is 244 g/mol. The molecule has 0 saturated heterocycles. The molecule has 92 valence electrons. The van der Waals surface area contributed by atoms with Gasteiger partial charge in [-0.1, -0.05) is 18.2 Å². The van der Waals surface area contributed by atoms with Crippen LogP contribution in [0.1, 0.15) is 24.4 Å². The highest BCUT2D eigenvalue weighted by molar-refractivity contribution is 5.26. The Morgan fingerprint density at radius 1 is 1.44 bits per heavy atom. The van der Waals surface area contributed by atoms with Crippen LogP contribution in [0.4, 0.5) is 4.39 Å². The summed E-state index contributed by atoms with van der Waals surface area (Å²) in [6, 6.07) is 7.61. The summed E-state index contributed by atoms with van der Waals surface area (Å²) in [7, 11) is 0. The molecule has 2 aromatic rings. The number of halogens is 1. The van der Waals surface area contributed by atoms with Gasteiger partial charge in [-0.05, 0) is 13.0 Å². The summed E-state index contributed by atoms with van der Waals surface area (Å²) >= 11 is 0. The summed E-state index contributed by atoms with van der Waals surface area (Å²) in [5.74, 6) is -0.113. The van der Waals surface area contributed by atoms with Crippen LogP contribution in [-0.2, 0) is 0 Å². The molecule has 0 aliphatic carbocycles. The van der Waals surface area contributed by atoms with Gasteiger partial charge in [0.15, 0.2) is 0 Å². The lowest BCUT2D eigenvalue weighted by Crippen LogP contribution is -2.31. The maximum atomic E-state index is 13.9. The van der Waals surface area contributed by atoms with Gasteiger partial charge in [0.25, 0.3) is 0 Å². The zero-order chi connectivity index (χ0) is 13.1. The molecule has 0 radical (unpaired) electrons. The predicted molar refractivity (Wildman–Crippen MR) is 65.1 cm³/mol. The van der Waals surface area contributed by atoms with E-state index in [0.29, 0.717) is 5.56 Å². The third-order valence-electron chi connectivity index (χ3n) is 2.79. The average molecular weight is 244 g/mol. The lowest BCUT2D eigenvalue weighted by molar-refractivity contribution is 0.466. The van der Waals surface area contributed by atoms with Crippen LogP contribution in [0, 0.1) is 17.1 Å². The molecule has 0 amide bonds. The normalized spacial score (nSPS) is 13.9. The van der Waals surface area contributed by atoms with Crippen molar-refractivity contribution >= 4 is 0 Å². The van der Waals surface area contributed by atoms with Crippen LogP contribution in [0.25, 0.3) is 0 Å². The number of nitriles is 1. The number of nitrogens with zero attached hydrogens (tertiary/aromatic N) is 3. The maximum absolute atomic E-state index is 13.9. The van der Waals surface area contributed by atoms with Gasteiger partial charge in [-0.25, -0.2) is 9.37 Å². The minimum absolute atomic E-state index is 0.223. The van der Waals surface area contributed by atoms with Gasteiger partial charge in [-0.2, -0.15) is 5.26 Å². The molecule has 1 aromatic heterocycles. The van der Waals surface area contributed by atoms with Crippen LogP contribution in [0.3, 0.4) is 0 Å². The van der Waals surface area contributed by atoms with E-state index in [9.17, 15) is 4.39 Å². The molecule has 0 bridgehead atoms. The van der Waals surface area contributed by atoms with Crippen LogP contribution in [0.15, 0.2) is 36.7 Å². The fourth-order valence-corrected chi connectivity index (χ4v) is 2.03. The number of aromatic nitrogens is 2. The van der Waals surface area contributed by atoms with Gasteiger partial charge >= 0.3 is 0 Å². The molecular formula is C13H13FN4. The number of hydrogen-bond acceptors (Lipinski definition) is 3. The first-order valence-electron chi connectivity index (χ1n) is 5.58. The molecule has 0 aliphatic rings. The van der Waals surface area contributed by atoms with E-state index in [1.54, 1.807) is 35.9 Å². The summed E-state index contributed by atoms with van der Waals surface area (Å²) in [5, 5.41) is 8.99. The van der Waals surface area contributed by atoms with Crippen molar-refractivity contribution in [3.05, 3.63) is 53.9 Å². The van der Waals surface area contributed by atoms with Crippen molar-refractivity contribution < 1.29 is 4.39 Å². The number of rotatable bonds is 3. The van der Waals surface area contributed by atoms with Gasteiger partial charge < -0.3 is 10.3 Å². The lowest BCUT2D eigenvalue weighted by atomic mass is 10.00. The summed E-state index contributed by atoms with van der Waals surface area (Å²) in [4.78, 5) is 3.92. The van der Waals surface area contributed by atoms with Crippen molar-refractivity contribution in [3.8, 4) is 6.07 Å². The van der Waals surface area contributed by atoms with Gasteiger partial charge in [-0.15, -0.1) is 0 Å². The zero-order valence-electron chi connectivity index (χ0n) is 9.92. The Kier molecular flexibility index (Phi) is 3.40. The Morgan fingerprint density at radius 2 is 2.17 bits per heavy atom. The maximum Gasteiger partial charge on any atom is 0.213 e. The Hall–Kier alpha value is -2.19. The molecule has 5 heteroatoms. The summed E-state index contributed by atoms with van der Waals surface area (Å²) in [6.45, 7) is 1.78. The molecule has 1 heterocycles. The van der Waals surface area contributed by atoms with Gasteiger partial charge in [0.05, 0.1) is 6.04 Å². The van der Waals surface area contributed by atoms with Crippen LogP contribution < -0.4 is 5.73 Å². The molecule has 0 aliphatic heterocycles. The second-order valence-corrected chi connectivity index (χ2v) is 4.10. The van der Waals surface area contributed by atoms with E-state index in [-0.39, 0.29) is 17.7 Å². The van der Waals surface area contributed by atoms with Crippen molar-refractivity contribution in [2.75, 3.05) is 0 Å². The third kappa shape index (κ3) is 2.11. The van der Waals surface area contributed by atoms with E-state index in [1.807, 2.05) is 6.07 Å². The summed E-state index contributed by atoms with van der Waals surface area (Å²) in [5.41, 5.74) is 6.39. The number of hydrogen-bond donors (Lipinski definition) is 1. The molecule has 2 atom stereocenters. The standard InChI is InChI=1S/C13H13FN4/c1-9(16)13(10-4-2-3-5-11(10)14)18-7-6-17-12(18)8-15/h2-7,9,13H,16H2,1H3. The first-order chi connectivity index (χ1) is 8.65. The fraction of sp³-hybridized carbons (Fsp3) is 0.231. The Morgan fingerprint density at radius 3 is 2.78 bits per heavy atom. The van der Waals surface area contributed by atoms with Crippen molar-refractivity contribution in [1.82, 2.24) is 9.55 Å². The summed E-state index contributed by atoms with van der Waals surface area (Å²) in [6.07, 6.45) is 3.15. The smallest absolute Gasteiger partial charge is 0.213 e. The highest BCUT2D eigenvalue weighted by Gasteiger charge is 2.23. The SMILES string of the molecule is CC(N)C(c1ccccc1F)n1ccnc1C#N. The third-order valence-corrected chi connectivity index (χ3v) is 2.79. The molecule has 4 nitrogen and oxygen atoms in total. The zero-order valence-corrected chi connectivity index (χ0v) is 9.92. The van der Waals surface area contributed by atoms with Crippen LogP contribution >= 0.6 is 0 Å². The number of benzene rings is 1. The molecule has 2 rings (SSSR count). The van der Waals surface area contributed by atoms with E-state index in [1.165, 1.54) is 12.3 Å². The van der Waals surface area contributed by atoms with Gasteiger partial charge in [-0.3, -0.25) is 0 Å². The Labute approximate surface area is 104 Å². The minimum Gasteiger partial charge on any atom is -0.326 e. The van der Waals surface area contributed by atoms with Crippen LogP contribution in [0.5, 0.6) is 0 Å². The second-order valence-electron chi connectivity index (χ2n) is 4.10. The molecule has 2 unspecified atom stereocenters. The molecule has 1 aromatic carbocycles. The molecular weight excluding hydrogens is 231 g/mol. The highest BCUT2D eigenvalue weighted by atomic mass is 19.1. The molecule has 18 heavy (non-hydrogen) atoms. The molecule has 0 saturated carbocycles. The lowest BCUT2D eigenvalue weighted by Gasteiger charge is -2.23. The molecule has 2 N–H and O–H groups in total. The Balaban J connectivity index is 2.55. The van der Waals surface area contributed by atoms with Crippen LogP contribution in [-0.4, -0.2) is 15.6 Å². The van der Waals surface area contributed by atoms with Gasteiger partial charge in [0, 0.05) is 24.0 Å². The van der Waals surface area contributed by atoms with E-state index >= 15 is 0 Å². The topological polar surface area (TPSA) is 67.6 Å². The number of imidazole rings is 1. The summed E-state index contributed by atoms with van der Waals surface area (Å²) < 4.78 is 15.5. The second kappa shape index (κ2) is 4.98. The first kappa shape index (κ1) is 12.3. The van der Waals surface area contributed by atoms with Crippen molar-refractivity contribution in [3.63, 3.8) is 0 Å². The van der Waals surface area contributed by atoms with E-state index < -0.39 is 6.04 Å². The van der Waals surface area contributed by atoms with E-state index in [2.05, 4.69) is 4.98 Å². The van der Waals surface area contributed by atoms with Crippen LogP contribution in [0.2, 0.25) is 0 Å². The van der Waals surface area contributed by atoms with E-state index in [0.717, 1.165) is 0 Å². The Bertz CT molecular complexity index is 581. The van der Waals surface area contributed by atoms with Crippen molar-refractivity contribution in [1.29, 1.82) is 5.26 Å².